The second kappa shape index (κ2) is 13.5. The maximum atomic E-state index is 9.81. The van der Waals surface area contributed by atoms with Crippen LogP contribution in [0.4, 0.5) is 0 Å². The number of aryl methyl sites for hydroxylation is 1. The van der Waals surface area contributed by atoms with Crippen molar-refractivity contribution in [1.82, 2.24) is 9.97 Å². The van der Waals surface area contributed by atoms with Gasteiger partial charge in [-0.05, 0) is 62.0 Å². The molecule has 3 heteroatoms. The fourth-order valence-corrected chi connectivity index (χ4v) is 5.28. The summed E-state index contributed by atoms with van der Waals surface area (Å²) in [6.07, 6.45) is 22.1. The van der Waals surface area contributed by atoms with Crippen molar-refractivity contribution in [1.29, 1.82) is 5.26 Å². The maximum absolute atomic E-state index is 9.81. The summed E-state index contributed by atoms with van der Waals surface area (Å²) in [5.41, 5.74) is 3.66. The molecule has 33 heavy (non-hydrogen) atoms. The Labute approximate surface area is 202 Å². The molecule has 3 rings (SSSR count). The van der Waals surface area contributed by atoms with E-state index < -0.39 is 0 Å². The molecule has 0 N–H and O–H groups in total. The number of benzene rings is 1. The molecule has 3 nitrogen and oxygen atoms in total. The molecule has 0 bridgehead atoms. The van der Waals surface area contributed by atoms with Gasteiger partial charge < -0.3 is 0 Å². The van der Waals surface area contributed by atoms with Crippen molar-refractivity contribution in [3.8, 4) is 17.5 Å². The van der Waals surface area contributed by atoms with Crippen molar-refractivity contribution >= 4 is 0 Å². The van der Waals surface area contributed by atoms with E-state index in [0.29, 0.717) is 5.92 Å². The minimum atomic E-state index is -0.0727. The van der Waals surface area contributed by atoms with Crippen LogP contribution < -0.4 is 0 Å². The molecule has 1 aliphatic rings. The van der Waals surface area contributed by atoms with Crippen LogP contribution in [0.15, 0.2) is 36.7 Å². The quantitative estimate of drug-likeness (QED) is 0.289. The molecule has 0 saturated heterocycles. The fraction of sp³-hybridized carbons (Fsp3) is 0.633. The van der Waals surface area contributed by atoms with E-state index in [2.05, 4.69) is 54.2 Å². The molecule has 1 aromatic heterocycles. The van der Waals surface area contributed by atoms with Crippen molar-refractivity contribution in [3.63, 3.8) is 0 Å². The summed E-state index contributed by atoms with van der Waals surface area (Å²) in [5.74, 6) is 1.39. The smallest absolute Gasteiger partial charge is 0.159 e. The topological polar surface area (TPSA) is 49.6 Å². The summed E-state index contributed by atoms with van der Waals surface area (Å²) in [7, 11) is 0. The Balaban J connectivity index is 1.49. The first-order chi connectivity index (χ1) is 16.2. The molecular formula is C30H43N3. The summed E-state index contributed by atoms with van der Waals surface area (Å²) >= 11 is 0. The van der Waals surface area contributed by atoms with Crippen LogP contribution in [0.5, 0.6) is 0 Å². The lowest BCUT2D eigenvalue weighted by Gasteiger charge is -2.35. The standard InChI is InChI=1S/C30H43N3/c1-3-5-7-8-9-10-12-25-22-32-29(33-23-25)28-15-13-26(14-16-28)27-17-20-30(24-31,21-18-27)19-11-6-4-2/h13-16,22-23,27H,3-12,17-21H2,1-2H3/t27-,30-. The minimum Gasteiger partial charge on any atom is -0.236 e. The Kier molecular flexibility index (Phi) is 10.4. The van der Waals surface area contributed by atoms with E-state index in [4.69, 9.17) is 0 Å². The Bertz CT molecular complexity index is 840. The van der Waals surface area contributed by atoms with Crippen LogP contribution >= 0.6 is 0 Å². The molecule has 1 fully saturated rings. The minimum absolute atomic E-state index is 0.0727. The summed E-state index contributed by atoms with van der Waals surface area (Å²) in [6, 6.07) is 11.5. The van der Waals surface area contributed by atoms with E-state index in [1.807, 2.05) is 12.4 Å². The summed E-state index contributed by atoms with van der Waals surface area (Å²) in [5, 5.41) is 9.81. The van der Waals surface area contributed by atoms with Gasteiger partial charge in [-0.25, -0.2) is 9.97 Å². The van der Waals surface area contributed by atoms with Gasteiger partial charge in [0.1, 0.15) is 0 Å². The second-order valence-electron chi connectivity index (χ2n) is 10.2. The Hall–Kier alpha value is -2.21. The highest BCUT2D eigenvalue weighted by atomic mass is 14.9. The number of hydrogen-bond acceptors (Lipinski definition) is 3. The zero-order chi connectivity index (χ0) is 23.4. The Morgan fingerprint density at radius 1 is 0.848 bits per heavy atom. The fourth-order valence-electron chi connectivity index (χ4n) is 5.28. The zero-order valence-electron chi connectivity index (χ0n) is 21.0. The Morgan fingerprint density at radius 2 is 1.45 bits per heavy atom. The molecule has 0 radical (unpaired) electrons. The van der Waals surface area contributed by atoms with Gasteiger partial charge in [-0.3, -0.25) is 0 Å². The van der Waals surface area contributed by atoms with E-state index in [1.54, 1.807) is 0 Å². The van der Waals surface area contributed by atoms with Crippen LogP contribution in [0.3, 0.4) is 0 Å². The predicted octanol–water partition coefficient (Wildman–Crippen LogP) is 8.79. The third-order valence-electron chi connectivity index (χ3n) is 7.60. The van der Waals surface area contributed by atoms with E-state index in [1.165, 1.54) is 68.9 Å². The van der Waals surface area contributed by atoms with E-state index in [0.717, 1.165) is 49.9 Å². The van der Waals surface area contributed by atoms with Crippen LogP contribution in [0.25, 0.3) is 11.4 Å². The normalized spacial score (nSPS) is 20.5. The van der Waals surface area contributed by atoms with Gasteiger partial charge >= 0.3 is 0 Å². The van der Waals surface area contributed by atoms with Gasteiger partial charge in [0.25, 0.3) is 0 Å². The maximum Gasteiger partial charge on any atom is 0.159 e. The molecular weight excluding hydrogens is 402 g/mol. The van der Waals surface area contributed by atoms with Gasteiger partial charge in [0.2, 0.25) is 0 Å². The monoisotopic (exact) mass is 445 g/mol. The average Bonchev–Trinajstić information content (AvgIpc) is 2.87. The van der Waals surface area contributed by atoms with E-state index in [-0.39, 0.29) is 5.41 Å². The lowest BCUT2D eigenvalue weighted by molar-refractivity contribution is 0.223. The Morgan fingerprint density at radius 3 is 2.09 bits per heavy atom. The predicted molar refractivity (Wildman–Crippen MR) is 138 cm³/mol. The molecule has 0 aliphatic heterocycles. The highest BCUT2D eigenvalue weighted by molar-refractivity contribution is 5.55. The molecule has 178 valence electrons. The van der Waals surface area contributed by atoms with Crippen LogP contribution in [-0.2, 0) is 6.42 Å². The first-order valence-electron chi connectivity index (χ1n) is 13.5. The number of rotatable bonds is 13. The molecule has 0 unspecified atom stereocenters. The van der Waals surface area contributed by atoms with Gasteiger partial charge in [0, 0.05) is 18.0 Å². The molecule has 2 aromatic rings. The van der Waals surface area contributed by atoms with E-state index in [9.17, 15) is 5.26 Å². The highest BCUT2D eigenvalue weighted by Crippen LogP contribution is 2.45. The molecule has 0 amide bonds. The largest absolute Gasteiger partial charge is 0.236 e. The van der Waals surface area contributed by atoms with Crippen molar-refractivity contribution in [2.24, 2.45) is 5.41 Å². The number of hydrogen-bond donors (Lipinski definition) is 0. The van der Waals surface area contributed by atoms with Crippen molar-refractivity contribution in [3.05, 3.63) is 47.8 Å². The van der Waals surface area contributed by atoms with Crippen LogP contribution in [0.1, 0.15) is 121 Å². The molecule has 1 aliphatic carbocycles. The third kappa shape index (κ3) is 7.66. The first kappa shape index (κ1) is 25.4. The van der Waals surface area contributed by atoms with Crippen LogP contribution in [0, 0.1) is 16.7 Å². The molecule has 1 aromatic carbocycles. The van der Waals surface area contributed by atoms with Gasteiger partial charge in [-0.15, -0.1) is 0 Å². The third-order valence-corrected chi connectivity index (χ3v) is 7.60. The van der Waals surface area contributed by atoms with Gasteiger partial charge in [-0.2, -0.15) is 5.26 Å². The molecule has 0 atom stereocenters. The number of aromatic nitrogens is 2. The second-order valence-corrected chi connectivity index (χ2v) is 10.2. The number of nitriles is 1. The number of nitrogens with zero attached hydrogens (tertiary/aromatic N) is 3. The lowest BCUT2D eigenvalue weighted by atomic mass is 9.67. The van der Waals surface area contributed by atoms with Crippen molar-refractivity contribution < 1.29 is 0 Å². The van der Waals surface area contributed by atoms with Gasteiger partial charge in [0.05, 0.1) is 11.5 Å². The van der Waals surface area contributed by atoms with E-state index >= 15 is 0 Å². The van der Waals surface area contributed by atoms with Crippen LogP contribution in [0.2, 0.25) is 0 Å². The SMILES string of the molecule is CCCCCCCCc1cnc(-c2ccc([C@H]3CC[C@@](C#N)(CCCCC)CC3)cc2)nc1. The van der Waals surface area contributed by atoms with Gasteiger partial charge in [-0.1, -0.05) is 89.5 Å². The summed E-state index contributed by atoms with van der Waals surface area (Å²) < 4.78 is 0. The van der Waals surface area contributed by atoms with Gasteiger partial charge in [0.15, 0.2) is 5.82 Å². The summed E-state index contributed by atoms with van der Waals surface area (Å²) in [4.78, 5) is 9.28. The average molecular weight is 446 g/mol. The number of unbranched alkanes of at least 4 members (excludes halogenated alkanes) is 7. The lowest BCUT2D eigenvalue weighted by Crippen LogP contribution is -2.25. The highest BCUT2D eigenvalue weighted by Gasteiger charge is 2.35. The summed E-state index contributed by atoms with van der Waals surface area (Å²) in [6.45, 7) is 4.49. The van der Waals surface area contributed by atoms with Crippen LogP contribution in [-0.4, -0.2) is 9.97 Å². The zero-order valence-corrected chi connectivity index (χ0v) is 21.0. The molecule has 0 spiro atoms. The molecule has 1 heterocycles. The molecule has 1 saturated carbocycles. The van der Waals surface area contributed by atoms with Crippen molar-refractivity contribution in [2.45, 2.75) is 116 Å². The van der Waals surface area contributed by atoms with Crippen molar-refractivity contribution in [2.75, 3.05) is 0 Å². The first-order valence-corrected chi connectivity index (χ1v) is 13.5.